The predicted molar refractivity (Wildman–Crippen MR) is 73.3 cm³/mol. The Morgan fingerprint density at radius 1 is 1.25 bits per heavy atom. The van der Waals surface area contributed by atoms with Crippen molar-refractivity contribution in [2.75, 3.05) is 6.54 Å². The number of aliphatic carboxylic acids is 1. The third kappa shape index (κ3) is 5.46. The highest BCUT2D eigenvalue weighted by molar-refractivity contribution is 5.79. The van der Waals surface area contributed by atoms with Crippen molar-refractivity contribution in [3.8, 4) is 0 Å². The van der Waals surface area contributed by atoms with Gasteiger partial charge in [-0.1, -0.05) is 0 Å². The van der Waals surface area contributed by atoms with Crippen LogP contribution in [0.2, 0.25) is 0 Å². The first-order valence-electron chi connectivity index (χ1n) is 6.90. The van der Waals surface area contributed by atoms with E-state index in [9.17, 15) is 14.4 Å². The fraction of sp³-hybridized carbons (Fsp3) is 0.769. The number of carboxylic acids is 1. The van der Waals surface area contributed by atoms with Gasteiger partial charge in [-0.15, -0.1) is 0 Å². The Balaban J connectivity index is 2.26. The summed E-state index contributed by atoms with van der Waals surface area (Å²) in [6, 6.07) is -0.339. The second-order valence-corrected chi connectivity index (χ2v) is 5.56. The van der Waals surface area contributed by atoms with Crippen molar-refractivity contribution in [3.63, 3.8) is 0 Å². The lowest BCUT2D eigenvalue weighted by Crippen LogP contribution is -2.57. The van der Waals surface area contributed by atoms with Gasteiger partial charge in [-0.05, 0) is 33.1 Å². The summed E-state index contributed by atoms with van der Waals surface area (Å²) in [5.74, 6) is -1.04. The minimum absolute atomic E-state index is 0.0613. The molecule has 0 aromatic heterocycles. The van der Waals surface area contributed by atoms with E-state index in [1.54, 1.807) is 0 Å². The molecule has 1 rings (SSSR count). The highest BCUT2D eigenvalue weighted by atomic mass is 16.4. The topological polar surface area (TPSA) is 108 Å². The maximum Gasteiger partial charge on any atom is 0.315 e. The van der Waals surface area contributed by atoms with E-state index in [-0.39, 0.29) is 31.3 Å². The fourth-order valence-electron chi connectivity index (χ4n) is 2.21. The highest BCUT2D eigenvalue weighted by Crippen LogP contribution is 2.34. The van der Waals surface area contributed by atoms with Gasteiger partial charge in [0.05, 0.1) is 12.0 Å². The SMILES string of the molecule is CC(C)NC(=O)CCNC(=O)NC1(CC(=O)O)CCC1. The van der Waals surface area contributed by atoms with Gasteiger partial charge in [0.1, 0.15) is 0 Å². The summed E-state index contributed by atoms with van der Waals surface area (Å²) in [6.07, 6.45) is 2.43. The van der Waals surface area contributed by atoms with Gasteiger partial charge in [0.15, 0.2) is 0 Å². The quantitative estimate of drug-likeness (QED) is 0.549. The first-order chi connectivity index (χ1) is 9.33. The minimum Gasteiger partial charge on any atom is -0.481 e. The van der Waals surface area contributed by atoms with Crippen LogP contribution in [-0.2, 0) is 9.59 Å². The molecule has 0 spiro atoms. The summed E-state index contributed by atoms with van der Waals surface area (Å²) < 4.78 is 0. The van der Waals surface area contributed by atoms with Gasteiger partial charge in [-0.25, -0.2) is 4.79 Å². The molecule has 1 saturated carbocycles. The largest absolute Gasteiger partial charge is 0.481 e. The van der Waals surface area contributed by atoms with E-state index in [0.29, 0.717) is 12.8 Å². The fourth-order valence-corrected chi connectivity index (χ4v) is 2.21. The van der Waals surface area contributed by atoms with E-state index in [1.165, 1.54) is 0 Å². The number of hydrogen-bond donors (Lipinski definition) is 4. The van der Waals surface area contributed by atoms with E-state index in [0.717, 1.165) is 6.42 Å². The van der Waals surface area contributed by atoms with Crippen molar-refractivity contribution in [2.24, 2.45) is 0 Å². The maximum atomic E-state index is 11.7. The van der Waals surface area contributed by atoms with Crippen LogP contribution in [0.3, 0.4) is 0 Å². The Morgan fingerprint density at radius 3 is 2.35 bits per heavy atom. The van der Waals surface area contributed by atoms with Crippen LogP contribution in [0.15, 0.2) is 0 Å². The lowest BCUT2D eigenvalue weighted by atomic mass is 9.74. The Kier molecular flexibility index (Phi) is 5.79. The normalized spacial score (nSPS) is 16.1. The highest BCUT2D eigenvalue weighted by Gasteiger charge is 2.40. The Labute approximate surface area is 118 Å². The summed E-state index contributed by atoms with van der Waals surface area (Å²) in [5, 5.41) is 16.9. The van der Waals surface area contributed by atoms with E-state index in [4.69, 9.17) is 5.11 Å². The number of urea groups is 1. The van der Waals surface area contributed by atoms with Crippen LogP contribution in [0, 0.1) is 0 Å². The average Bonchev–Trinajstić information content (AvgIpc) is 2.24. The number of carbonyl (C=O) groups is 3. The van der Waals surface area contributed by atoms with Gasteiger partial charge >= 0.3 is 12.0 Å². The van der Waals surface area contributed by atoms with E-state index in [2.05, 4.69) is 16.0 Å². The molecule has 0 radical (unpaired) electrons. The van der Waals surface area contributed by atoms with Crippen molar-refractivity contribution < 1.29 is 19.5 Å². The molecule has 1 aliphatic carbocycles. The smallest absolute Gasteiger partial charge is 0.315 e. The van der Waals surface area contributed by atoms with Crippen molar-refractivity contribution in [2.45, 2.75) is 57.5 Å². The van der Waals surface area contributed by atoms with Gasteiger partial charge in [-0.2, -0.15) is 0 Å². The standard InChI is InChI=1S/C13H23N3O4/c1-9(2)15-10(17)4-7-14-12(20)16-13(5-3-6-13)8-11(18)19/h9H,3-8H2,1-2H3,(H,15,17)(H,18,19)(H2,14,16,20). The zero-order valence-corrected chi connectivity index (χ0v) is 12.0. The van der Waals surface area contributed by atoms with Crippen LogP contribution >= 0.6 is 0 Å². The van der Waals surface area contributed by atoms with Gasteiger partial charge in [0.2, 0.25) is 5.91 Å². The first kappa shape index (κ1) is 16.3. The molecule has 114 valence electrons. The van der Waals surface area contributed by atoms with Crippen molar-refractivity contribution in [1.29, 1.82) is 0 Å². The number of amides is 3. The molecule has 0 bridgehead atoms. The molecular formula is C13H23N3O4. The maximum absolute atomic E-state index is 11.7. The number of nitrogens with one attached hydrogen (secondary N) is 3. The van der Waals surface area contributed by atoms with Gasteiger partial charge in [0, 0.05) is 19.0 Å². The molecule has 0 aliphatic heterocycles. The lowest BCUT2D eigenvalue weighted by Gasteiger charge is -2.41. The third-order valence-corrected chi connectivity index (χ3v) is 3.27. The summed E-state index contributed by atoms with van der Waals surface area (Å²) in [5.41, 5.74) is -0.615. The van der Waals surface area contributed by atoms with Crippen molar-refractivity contribution in [1.82, 2.24) is 16.0 Å². The van der Waals surface area contributed by atoms with Crippen LogP contribution < -0.4 is 16.0 Å². The van der Waals surface area contributed by atoms with E-state index >= 15 is 0 Å². The molecule has 20 heavy (non-hydrogen) atoms. The molecule has 0 saturated heterocycles. The molecule has 0 aromatic carbocycles. The average molecular weight is 285 g/mol. The van der Waals surface area contributed by atoms with Gasteiger partial charge in [0.25, 0.3) is 0 Å². The van der Waals surface area contributed by atoms with Crippen LogP contribution in [0.25, 0.3) is 0 Å². The lowest BCUT2D eigenvalue weighted by molar-refractivity contribution is -0.139. The molecule has 7 heteroatoms. The molecular weight excluding hydrogens is 262 g/mol. The van der Waals surface area contributed by atoms with Crippen LogP contribution in [-0.4, -0.2) is 41.1 Å². The zero-order valence-electron chi connectivity index (χ0n) is 12.0. The van der Waals surface area contributed by atoms with Gasteiger partial charge in [-0.3, -0.25) is 9.59 Å². The molecule has 0 atom stereocenters. The summed E-state index contributed by atoms with van der Waals surface area (Å²) in [7, 11) is 0. The van der Waals surface area contributed by atoms with Crippen molar-refractivity contribution in [3.05, 3.63) is 0 Å². The van der Waals surface area contributed by atoms with Crippen LogP contribution in [0.5, 0.6) is 0 Å². The second-order valence-electron chi connectivity index (χ2n) is 5.56. The number of carboxylic acid groups (broad SMARTS) is 1. The number of hydrogen-bond acceptors (Lipinski definition) is 3. The van der Waals surface area contributed by atoms with Crippen LogP contribution in [0.1, 0.15) is 46.0 Å². The predicted octanol–water partition coefficient (Wildman–Crippen LogP) is 0.598. The number of rotatable bonds is 7. The Morgan fingerprint density at radius 2 is 1.90 bits per heavy atom. The molecule has 3 amide bonds. The van der Waals surface area contributed by atoms with E-state index < -0.39 is 17.5 Å². The second kappa shape index (κ2) is 7.12. The molecule has 4 N–H and O–H groups in total. The summed E-state index contributed by atoms with van der Waals surface area (Å²) >= 11 is 0. The monoisotopic (exact) mass is 285 g/mol. The zero-order chi connectivity index (χ0) is 15.2. The molecule has 1 aliphatic rings. The molecule has 0 aromatic rings. The van der Waals surface area contributed by atoms with Crippen LogP contribution in [0.4, 0.5) is 4.79 Å². The van der Waals surface area contributed by atoms with Gasteiger partial charge < -0.3 is 21.1 Å². The Bertz CT molecular complexity index is 378. The number of carbonyl (C=O) groups excluding carboxylic acids is 2. The third-order valence-electron chi connectivity index (χ3n) is 3.27. The molecule has 0 unspecified atom stereocenters. The van der Waals surface area contributed by atoms with Crippen molar-refractivity contribution >= 4 is 17.9 Å². The molecule has 0 heterocycles. The Hall–Kier alpha value is -1.79. The summed E-state index contributed by atoms with van der Waals surface area (Å²) in [4.78, 5) is 33.8. The molecule has 7 nitrogen and oxygen atoms in total. The first-order valence-corrected chi connectivity index (χ1v) is 6.90. The molecule has 1 fully saturated rings. The van der Waals surface area contributed by atoms with E-state index in [1.807, 2.05) is 13.8 Å². The minimum atomic E-state index is -0.915. The summed E-state index contributed by atoms with van der Waals surface area (Å²) in [6.45, 7) is 3.96.